The van der Waals surface area contributed by atoms with Crippen molar-refractivity contribution in [1.82, 2.24) is 13.8 Å². The van der Waals surface area contributed by atoms with Crippen molar-refractivity contribution in [3.05, 3.63) is 58.9 Å². The summed E-state index contributed by atoms with van der Waals surface area (Å²) in [6, 6.07) is 12.6. The molecule has 1 aliphatic heterocycles. The van der Waals surface area contributed by atoms with Crippen LogP contribution in [0.15, 0.2) is 36.4 Å². The van der Waals surface area contributed by atoms with E-state index in [0.29, 0.717) is 45.2 Å². The molecule has 0 N–H and O–H groups in total. The molecule has 0 unspecified atom stereocenters. The van der Waals surface area contributed by atoms with E-state index in [1.165, 1.54) is 18.4 Å². The van der Waals surface area contributed by atoms with Gasteiger partial charge < -0.3 is 4.57 Å². The fourth-order valence-corrected chi connectivity index (χ4v) is 6.13. The van der Waals surface area contributed by atoms with Crippen molar-refractivity contribution in [2.45, 2.75) is 45.6 Å². The molecule has 7 heteroatoms. The molecule has 0 atom stereocenters. The molecule has 4 rings (SSSR count). The van der Waals surface area contributed by atoms with E-state index in [9.17, 15) is 13.2 Å². The van der Waals surface area contributed by atoms with E-state index in [-0.39, 0.29) is 11.5 Å². The lowest BCUT2D eigenvalue weighted by Gasteiger charge is -2.33. The van der Waals surface area contributed by atoms with Gasteiger partial charge in [-0.3, -0.25) is 9.69 Å². The van der Waals surface area contributed by atoms with Crippen molar-refractivity contribution < 1.29 is 13.2 Å². The molecule has 0 bridgehead atoms. The zero-order chi connectivity index (χ0) is 22.0. The molecule has 2 aromatic rings. The molecule has 2 heterocycles. The Bertz CT molecular complexity index is 1020. The fraction of sp³-hybridized carbons (Fsp3) is 0.542. The molecule has 1 saturated heterocycles. The molecule has 0 radical (unpaired) electrons. The van der Waals surface area contributed by atoms with Crippen LogP contribution in [0.25, 0.3) is 0 Å². The highest BCUT2D eigenvalue weighted by Crippen LogP contribution is 2.38. The minimum atomic E-state index is -3.25. The number of aryl methyl sites for hydroxylation is 2. The van der Waals surface area contributed by atoms with Gasteiger partial charge in [-0.05, 0) is 51.2 Å². The number of benzene rings is 1. The smallest absolute Gasteiger partial charge is 0.214 e. The molecule has 0 amide bonds. The van der Waals surface area contributed by atoms with Crippen molar-refractivity contribution >= 4 is 15.8 Å². The Balaban J connectivity index is 1.26. The van der Waals surface area contributed by atoms with Crippen molar-refractivity contribution in [3.8, 4) is 0 Å². The lowest BCUT2D eigenvalue weighted by Crippen LogP contribution is -2.50. The quantitative estimate of drug-likeness (QED) is 0.559. The first kappa shape index (κ1) is 22.2. The number of piperazine rings is 1. The number of hydrogen-bond donors (Lipinski definition) is 0. The number of carbonyl (C=O) groups is 1. The predicted molar refractivity (Wildman–Crippen MR) is 123 cm³/mol. The van der Waals surface area contributed by atoms with Crippen LogP contribution in [-0.4, -0.2) is 66.4 Å². The van der Waals surface area contributed by atoms with E-state index < -0.39 is 10.0 Å². The van der Waals surface area contributed by atoms with E-state index in [0.717, 1.165) is 23.4 Å². The fourth-order valence-electron chi connectivity index (χ4n) is 4.64. The van der Waals surface area contributed by atoms with Crippen LogP contribution in [0.2, 0.25) is 0 Å². The highest BCUT2D eigenvalue weighted by atomic mass is 32.2. The molecule has 2 aliphatic rings. The molecular weight excluding hydrogens is 410 g/mol. The highest BCUT2D eigenvalue weighted by molar-refractivity contribution is 7.89. The van der Waals surface area contributed by atoms with Crippen molar-refractivity contribution in [2.75, 3.05) is 38.5 Å². The van der Waals surface area contributed by atoms with E-state index in [1.54, 1.807) is 4.31 Å². The number of sulfonamides is 1. The van der Waals surface area contributed by atoms with Gasteiger partial charge in [-0.1, -0.05) is 30.3 Å². The standard InChI is InChI=1S/C24H33N3O3S/c1-19-17-23(20(2)27(19)22-10-11-22)24(28)18-25-12-14-26(15-13-25)31(29,30)16-6-9-21-7-4-3-5-8-21/h3-5,7-8,17,22H,6,9-16,18H2,1-2H3. The molecular formula is C24H33N3O3S. The highest BCUT2D eigenvalue weighted by Gasteiger charge is 2.30. The second-order valence-electron chi connectivity index (χ2n) is 8.89. The summed E-state index contributed by atoms with van der Waals surface area (Å²) in [6.45, 7) is 6.60. The number of rotatable bonds is 9. The summed E-state index contributed by atoms with van der Waals surface area (Å²) in [5.41, 5.74) is 4.22. The number of ketones is 1. The third kappa shape index (κ3) is 5.27. The number of nitrogens with zero attached hydrogens (tertiary/aromatic N) is 3. The third-order valence-electron chi connectivity index (χ3n) is 6.50. The summed E-state index contributed by atoms with van der Waals surface area (Å²) < 4.78 is 29.3. The van der Waals surface area contributed by atoms with Gasteiger partial charge in [-0.15, -0.1) is 0 Å². The Labute approximate surface area is 185 Å². The Morgan fingerprint density at radius 1 is 1.03 bits per heavy atom. The minimum Gasteiger partial charge on any atom is -0.345 e. The molecule has 6 nitrogen and oxygen atoms in total. The van der Waals surface area contributed by atoms with Crippen LogP contribution >= 0.6 is 0 Å². The van der Waals surface area contributed by atoms with E-state index in [1.807, 2.05) is 43.3 Å². The zero-order valence-electron chi connectivity index (χ0n) is 18.6. The molecule has 1 aromatic carbocycles. The molecule has 31 heavy (non-hydrogen) atoms. The Kier molecular flexibility index (Phi) is 6.65. The van der Waals surface area contributed by atoms with Gasteiger partial charge in [0.05, 0.1) is 12.3 Å². The summed E-state index contributed by atoms with van der Waals surface area (Å²) in [5.74, 6) is 0.313. The van der Waals surface area contributed by atoms with Gasteiger partial charge in [0.2, 0.25) is 10.0 Å². The van der Waals surface area contributed by atoms with E-state index in [2.05, 4.69) is 16.4 Å². The van der Waals surface area contributed by atoms with Gasteiger partial charge in [0.15, 0.2) is 5.78 Å². The van der Waals surface area contributed by atoms with Crippen molar-refractivity contribution in [3.63, 3.8) is 0 Å². The Morgan fingerprint density at radius 3 is 2.35 bits per heavy atom. The summed E-state index contributed by atoms with van der Waals surface area (Å²) in [5, 5.41) is 0. The number of carbonyl (C=O) groups excluding carboxylic acids is 1. The normalized spacial score (nSPS) is 18.4. The average Bonchev–Trinajstić information content (AvgIpc) is 3.53. The van der Waals surface area contributed by atoms with Gasteiger partial charge >= 0.3 is 0 Å². The second-order valence-corrected chi connectivity index (χ2v) is 11.0. The number of aromatic nitrogens is 1. The molecule has 0 spiro atoms. The lowest BCUT2D eigenvalue weighted by atomic mass is 10.1. The van der Waals surface area contributed by atoms with Crippen LogP contribution in [-0.2, 0) is 16.4 Å². The van der Waals surface area contributed by atoms with Gasteiger partial charge in [-0.2, -0.15) is 4.31 Å². The predicted octanol–water partition coefficient (Wildman–Crippen LogP) is 3.20. The van der Waals surface area contributed by atoms with Gasteiger partial charge in [-0.25, -0.2) is 8.42 Å². The SMILES string of the molecule is Cc1cc(C(=O)CN2CCN(S(=O)(=O)CCCc3ccccc3)CC2)c(C)n1C1CC1. The van der Waals surface area contributed by atoms with Crippen LogP contribution < -0.4 is 0 Å². The maximum absolute atomic E-state index is 12.9. The van der Waals surface area contributed by atoms with Crippen LogP contribution in [0.4, 0.5) is 0 Å². The summed E-state index contributed by atoms with van der Waals surface area (Å²) in [4.78, 5) is 15.0. The molecule has 1 saturated carbocycles. The Hall–Kier alpha value is -1.96. The summed E-state index contributed by atoms with van der Waals surface area (Å²) >= 11 is 0. The molecule has 1 aromatic heterocycles. The van der Waals surface area contributed by atoms with Crippen LogP contribution in [0.3, 0.4) is 0 Å². The number of hydrogen-bond acceptors (Lipinski definition) is 4. The monoisotopic (exact) mass is 443 g/mol. The maximum atomic E-state index is 12.9. The van der Waals surface area contributed by atoms with Crippen LogP contribution in [0.1, 0.15) is 52.6 Å². The average molecular weight is 444 g/mol. The van der Waals surface area contributed by atoms with Gasteiger partial charge in [0, 0.05) is 49.2 Å². The zero-order valence-corrected chi connectivity index (χ0v) is 19.4. The van der Waals surface area contributed by atoms with Crippen molar-refractivity contribution in [1.29, 1.82) is 0 Å². The molecule has 168 valence electrons. The topological polar surface area (TPSA) is 62.6 Å². The first-order valence-electron chi connectivity index (χ1n) is 11.3. The summed E-state index contributed by atoms with van der Waals surface area (Å²) in [7, 11) is -3.25. The molecule has 2 fully saturated rings. The van der Waals surface area contributed by atoms with Gasteiger partial charge in [0.25, 0.3) is 0 Å². The first-order valence-corrected chi connectivity index (χ1v) is 12.9. The largest absolute Gasteiger partial charge is 0.345 e. The van der Waals surface area contributed by atoms with Crippen LogP contribution in [0, 0.1) is 13.8 Å². The number of Topliss-reactive ketones (excluding diaryl/α,β-unsaturated/α-hetero) is 1. The first-order chi connectivity index (χ1) is 14.8. The van der Waals surface area contributed by atoms with Gasteiger partial charge in [0.1, 0.15) is 0 Å². The second kappa shape index (κ2) is 9.27. The Morgan fingerprint density at radius 2 is 1.71 bits per heavy atom. The van der Waals surface area contributed by atoms with E-state index >= 15 is 0 Å². The van der Waals surface area contributed by atoms with Crippen LogP contribution in [0.5, 0.6) is 0 Å². The minimum absolute atomic E-state index is 0.138. The molecule has 1 aliphatic carbocycles. The third-order valence-corrected chi connectivity index (χ3v) is 8.46. The summed E-state index contributed by atoms with van der Waals surface area (Å²) in [6.07, 6.45) is 3.80. The maximum Gasteiger partial charge on any atom is 0.214 e. The van der Waals surface area contributed by atoms with E-state index in [4.69, 9.17) is 0 Å². The lowest BCUT2D eigenvalue weighted by molar-refractivity contribution is 0.0901. The van der Waals surface area contributed by atoms with Crippen molar-refractivity contribution in [2.24, 2.45) is 0 Å².